The molecule has 0 saturated carbocycles. The van der Waals surface area contributed by atoms with Crippen LogP contribution in [0.25, 0.3) is 111 Å². The van der Waals surface area contributed by atoms with Crippen molar-refractivity contribution in [1.82, 2.24) is 9.13 Å². The zero-order valence-electron chi connectivity index (χ0n) is 31.9. The molecule has 1 aliphatic rings. The van der Waals surface area contributed by atoms with Crippen LogP contribution in [0.15, 0.2) is 194 Å². The molecule has 0 atom stereocenters. The lowest BCUT2D eigenvalue weighted by Crippen LogP contribution is -2.28. The third kappa shape index (κ3) is 5.12. The Bertz CT molecular complexity index is 3520. The molecule has 2 aromatic heterocycles. The van der Waals surface area contributed by atoms with E-state index >= 15 is 0 Å². The molecule has 0 bridgehead atoms. The molecule has 2 nitrogen and oxygen atoms in total. The lowest BCUT2D eigenvalue weighted by atomic mass is 9.99. The minimum Gasteiger partial charge on any atom is -0.309 e. The van der Waals surface area contributed by atoms with E-state index in [0.717, 1.165) is 18.5 Å². The number of hydrogen-bond acceptors (Lipinski definition) is 0. The van der Waals surface area contributed by atoms with E-state index in [4.69, 9.17) is 0 Å². The highest BCUT2D eigenvalue weighted by Crippen LogP contribution is 2.40. The first kappa shape index (κ1) is 32.8. The second-order valence-electron chi connectivity index (χ2n) is 15.6. The molecular formula is C56H38N2. The van der Waals surface area contributed by atoms with Crippen molar-refractivity contribution in [3.63, 3.8) is 0 Å². The summed E-state index contributed by atoms with van der Waals surface area (Å²) in [6, 6.07) is 71.5. The van der Waals surface area contributed by atoms with E-state index in [1.54, 1.807) is 0 Å². The quantitative estimate of drug-likeness (QED) is 0.166. The first-order valence-corrected chi connectivity index (χ1v) is 20.3. The van der Waals surface area contributed by atoms with Crippen molar-refractivity contribution in [2.45, 2.75) is 12.8 Å². The topological polar surface area (TPSA) is 9.86 Å². The van der Waals surface area contributed by atoms with E-state index in [-0.39, 0.29) is 0 Å². The van der Waals surface area contributed by atoms with E-state index < -0.39 is 0 Å². The van der Waals surface area contributed by atoms with E-state index in [1.807, 2.05) is 0 Å². The molecular weight excluding hydrogens is 701 g/mol. The molecule has 0 spiro atoms. The standard InChI is InChI=1S/C56H38N2/c1-3-11-37(12-4-1)39-19-27-45(28-20-39)57-53-33-25-43(35-51(53)49-31-23-41-15-7-9-17-47(41)55(49)57)44-26-34-54-52(36-44)50-32-24-42-16-8-10-18-48(42)56(50)58(54)46-29-21-40(22-30-46)38-13-5-2-6-14-38/h1-7,9,11-36H,8,10H2. The number of nitrogens with zero attached hydrogens (tertiary/aromatic N) is 2. The van der Waals surface area contributed by atoms with Gasteiger partial charge in [-0.2, -0.15) is 0 Å². The van der Waals surface area contributed by atoms with Gasteiger partial charge in [-0.3, -0.25) is 0 Å². The predicted molar refractivity (Wildman–Crippen MR) is 246 cm³/mol. The highest BCUT2D eigenvalue weighted by Gasteiger charge is 2.19. The van der Waals surface area contributed by atoms with E-state index in [2.05, 4.69) is 215 Å². The zero-order valence-corrected chi connectivity index (χ0v) is 31.9. The Labute approximate surface area is 336 Å². The van der Waals surface area contributed by atoms with E-state index in [9.17, 15) is 0 Å². The number of benzene rings is 9. The Kier molecular flexibility index (Phi) is 7.39. The summed E-state index contributed by atoms with van der Waals surface area (Å²) >= 11 is 0. The third-order valence-electron chi connectivity index (χ3n) is 12.3. The van der Waals surface area contributed by atoms with E-state index in [1.165, 1.54) is 104 Å². The Morgan fingerprint density at radius 3 is 1.41 bits per heavy atom. The maximum atomic E-state index is 2.49. The molecule has 58 heavy (non-hydrogen) atoms. The van der Waals surface area contributed by atoms with E-state index in [0.29, 0.717) is 0 Å². The van der Waals surface area contributed by atoms with Crippen molar-refractivity contribution in [1.29, 1.82) is 0 Å². The van der Waals surface area contributed by atoms with Crippen LogP contribution in [0.1, 0.15) is 12.8 Å². The predicted octanol–water partition coefficient (Wildman–Crippen LogP) is 13.4. The van der Waals surface area contributed by atoms with Gasteiger partial charge in [0.05, 0.1) is 22.1 Å². The van der Waals surface area contributed by atoms with Crippen LogP contribution >= 0.6 is 0 Å². The van der Waals surface area contributed by atoms with Gasteiger partial charge in [-0.1, -0.05) is 158 Å². The SMILES string of the molecule is C1=c2ccc3c4cc(-c5ccc6c(c5)c5ccc7ccccc7c5n6-c5ccc(-c6ccccc6)cc5)ccc4n(-c4ccc(-c5ccccc5)cc4)c3c2=CCC1. The molecule has 0 amide bonds. The molecule has 0 aliphatic heterocycles. The summed E-state index contributed by atoms with van der Waals surface area (Å²) in [6.07, 6.45) is 6.98. The minimum absolute atomic E-state index is 1.06. The molecule has 11 aromatic rings. The average Bonchev–Trinajstić information content (AvgIpc) is 3.82. The highest BCUT2D eigenvalue weighted by atomic mass is 15.0. The fourth-order valence-corrected chi connectivity index (χ4v) is 9.55. The Hall–Kier alpha value is -7.42. The van der Waals surface area contributed by atoms with Gasteiger partial charge in [-0.15, -0.1) is 0 Å². The fourth-order valence-electron chi connectivity index (χ4n) is 9.55. The van der Waals surface area contributed by atoms with Gasteiger partial charge < -0.3 is 9.13 Å². The van der Waals surface area contributed by atoms with Gasteiger partial charge >= 0.3 is 0 Å². The normalized spacial score (nSPS) is 12.6. The van der Waals surface area contributed by atoms with Crippen molar-refractivity contribution in [2.75, 3.05) is 0 Å². The Balaban J connectivity index is 1.05. The van der Waals surface area contributed by atoms with Gasteiger partial charge in [-0.05, 0) is 105 Å². The molecule has 0 saturated heterocycles. The maximum Gasteiger partial charge on any atom is 0.0619 e. The fraction of sp³-hybridized carbons (Fsp3) is 0.0357. The van der Waals surface area contributed by atoms with Gasteiger partial charge in [-0.25, -0.2) is 0 Å². The summed E-state index contributed by atoms with van der Waals surface area (Å²) in [6.45, 7) is 0. The Morgan fingerprint density at radius 2 is 0.793 bits per heavy atom. The van der Waals surface area contributed by atoms with Crippen molar-refractivity contribution in [3.8, 4) is 44.8 Å². The van der Waals surface area contributed by atoms with Crippen molar-refractivity contribution < 1.29 is 0 Å². The van der Waals surface area contributed by atoms with Crippen LogP contribution in [-0.2, 0) is 0 Å². The maximum absolute atomic E-state index is 2.49. The van der Waals surface area contributed by atoms with Gasteiger partial charge in [0, 0.05) is 43.5 Å². The minimum atomic E-state index is 1.06. The first-order chi connectivity index (χ1) is 28.8. The van der Waals surface area contributed by atoms with Crippen LogP contribution in [0.4, 0.5) is 0 Å². The summed E-state index contributed by atoms with van der Waals surface area (Å²) in [7, 11) is 0. The lowest BCUT2D eigenvalue weighted by Gasteiger charge is -2.12. The number of fused-ring (bicyclic) bond motifs is 10. The van der Waals surface area contributed by atoms with Crippen LogP contribution in [-0.4, -0.2) is 9.13 Å². The summed E-state index contributed by atoms with van der Waals surface area (Å²) in [5.74, 6) is 0. The molecule has 12 rings (SSSR count). The summed E-state index contributed by atoms with van der Waals surface area (Å²) in [5, 5.41) is 10.2. The van der Waals surface area contributed by atoms with Gasteiger partial charge in [0.25, 0.3) is 0 Å². The van der Waals surface area contributed by atoms with Crippen LogP contribution in [0.3, 0.4) is 0 Å². The van der Waals surface area contributed by atoms with Crippen molar-refractivity contribution >= 4 is 66.5 Å². The molecule has 0 fully saturated rings. The summed E-state index contributed by atoms with van der Waals surface area (Å²) < 4.78 is 4.95. The van der Waals surface area contributed by atoms with Gasteiger partial charge in [0.2, 0.25) is 0 Å². The molecule has 2 heterocycles. The monoisotopic (exact) mass is 738 g/mol. The molecule has 0 N–H and O–H groups in total. The number of rotatable bonds is 5. The van der Waals surface area contributed by atoms with Crippen molar-refractivity contribution in [3.05, 3.63) is 205 Å². The van der Waals surface area contributed by atoms with Gasteiger partial charge in [0.1, 0.15) is 0 Å². The highest BCUT2D eigenvalue weighted by molar-refractivity contribution is 6.19. The largest absolute Gasteiger partial charge is 0.309 e. The second-order valence-corrected chi connectivity index (χ2v) is 15.6. The molecule has 1 aliphatic carbocycles. The number of hydrogen-bond donors (Lipinski definition) is 0. The lowest BCUT2D eigenvalue weighted by molar-refractivity contribution is 1.11. The molecule has 0 unspecified atom stereocenters. The van der Waals surface area contributed by atoms with Crippen LogP contribution < -0.4 is 10.4 Å². The molecule has 9 aromatic carbocycles. The summed E-state index contributed by atoms with van der Waals surface area (Å²) in [4.78, 5) is 0. The molecule has 272 valence electrons. The van der Waals surface area contributed by atoms with Crippen molar-refractivity contribution in [2.24, 2.45) is 0 Å². The second kappa shape index (κ2) is 13.1. The zero-order chi connectivity index (χ0) is 38.2. The Morgan fingerprint density at radius 1 is 0.310 bits per heavy atom. The van der Waals surface area contributed by atoms with Crippen LogP contribution in [0.5, 0.6) is 0 Å². The van der Waals surface area contributed by atoms with Gasteiger partial charge in [0.15, 0.2) is 0 Å². The third-order valence-corrected chi connectivity index (χ3v) is 12.3. The summed E-state index contributed by atoms with van der Waals surface area (Å²) in [5.41, 5.74) is 14.6. The number of aromatic nitrogens is 2. The smallest absolute Gasteiger partial charge is 0.0619 e. The first-order valence-electron chi connectivity index (χ1n) is 20.3. The van der Waals surface area contributed by atoms with Crippen LogP contribution in [0.2, 0.25) is 0 Å². The average molecular weight is 739 g/mol. The molecule has 2 heteroatoms. The van der Waals surface area contributed by atoms with Crippen LogP contribution in [0, 0.1) is 0 Å². The molecule has 0 radical (unpaired) electrons.